The molecule has 0 unspecified atom stereocenters. The van der Waals surface area contributed by atoms with E-state index in [0.29, 0.717) is 25.9 Å². The van der Waals surface area contributed by atoms with Crippen molar-refractivity contribution in [3.8, 4) is 0 Å². The molecule has 28 heavy (non-hydrogen) atoms. The van der Waals surface area contributed by atoms with Gasteiger partial charge in [0.1, 0.15) is 12.2 Å². The quantitative estimate of drug-likeness (QED) is 0.550. The Kier molecular flexibility index (Phi) is 6.67. The Labute approximate surface area is 165 Å². The molecular weight excluding hydrogens is 360 g/mol. The summed E-state index contributed by atoms with van der Waals surface area (Å²) in [6.45, 7) is 4.79. The zero-order chi connectivity index (χ0) is 20.1. The molecule has 7 heteroatoms. The van der Waals surface area contributed by atoms with Gasteiger partial charge in [-0.25, -0.2) is 4.79 Å². The molecule has 2 atom stereocenters. The third-order valence-electron chi connectivity index (χ3n) is 5.58. The van der Waals surface area contributed by atoms with E-state index >= 15 is 0 Å². The fourth-order valence-corrected chi connectivity index (χ4v) is 4.20. The van der Waals surface area contributed by atoms with Gasteiger partial charge in [0.2, 0.25) is 0 Å². The first-order valence-electron chi connectivity index (χ1n) is 9.83. The molecule has 1 fully saturated rings. The van der Waals surface area contributed by atoms with E-state index in [1.165, 1.54) is 18.2 Å². The van der Waals surface area contributed by atoms with Crippen LogP contribution in [0.2, 0.25) is 0 Å². The average Bonchev–Trinajstić information content (AvgIpc) is 3.09. The highest BCUT2D eigenvalue weighted by Gasteiger charge is 2.37. The van der Waals surface area contributed by atoms with E-state index in [2.05, 4.69) is 17.0 Å². The van der Waals surface area contributed by atoms with Crippen LogP contribution in [0, 0.1) is 5.92 Å². The highest BCUT2D eigenvalue weighted by atomic mass is 16.5. The molecule has 1 saturated heterocycles. The van der Waals surface area contributed by atoms with E-state index in [-0.39, 0.29) is 36.9 Å². The van der Waals surface area contributed by atoms with Crippen LogP contribution in [0.25, 0.3) is 0 Å². The SMILES string of the molecule is CCOC(=O)CC(=O)[C@@H]1CCN(C(=O)OC)[C@H](CN2Cc3ccccc3C2)C1. The lowest BCUT2D eigenvalue weighted by Gasteiger charge is -2.39. The van der Waals surface area contributed by atoms with Crippen LogP contribution in [0.15, 0.2) is 24.3 Å². The van der Waals surface area contributed by atoms with Gasteiger partial charge in [0.05, 0.1) is 13.7 Å². The molecule has 7 nitrogen and oxygen atoms in total. The Morgan fingerprint density at radius 2 is 1.82 bits per heavy atom. The number of fused-ring (bicyclic) bond motifs is 1. The van der Waals surface area contributed by atoms with Gasteiger partial charge in [-0.2, -0.15) is 0 Å². The number of ketones is 1. The number of methoxy groups -OCH3 is 1. The largest absolute Gasteiger partial charge is 0.466 e. The van der Waals surface area contributed by atoms with Gasteiger partial charge in [0.15, 0.2) is 0 Å². The van der Waals surface area contributed by atoms with Gasteiger partial charge in [-0.15, -0.1) is 0 Å². The summed E-state index contributed by atoms with van der Waals surface area (Å²) in [5.41, 5.74) is 2.61. The highest BCUT2D eigenvalue weighted by Crippen LogP contribution is 2.29. The lowest BCUT2D eigenvalue weighted by atomic mass is 9.86. The average molecular weight is 388 g/mol. The predicted molar refractivity (Wildman–Crippen MR) is 102 cm³/mol. The Hall–Kier alpha value is -2.41. The normalized spacial score (nSPS) is 21.9. The molecule has 152 valence electrons. The van der Waals surface area contributed by atoms with Crippen LogP contribution in [-0.2, 0) is 32.2 Å². The zero-order valence-corrected chi connectivity index (χ0v) is 16.6. The monoisotopic (exact) mass is 388 g/mol. The van der Waals surface area contributed by atoms with Crippen LogP contribution < -0.4 is 0 Å². The molecule has 0 bridgehead atoms. The van der Waals surface area contributed by atoms with E-state index in [1.807, 2.05) is 12.1 Å². The molecule has 2 aliphatic heterocycles. The maximum absolute atomic E-state index is 12.5. The summed E-state index contributed by atoms with van der Waals surface area (Å²) in [4.78, 5) is 40.5. The summed E-state index contributed by atoms with van der Waals surface area (Å²) < 4.78 is 9.85. The number of likely N-dealkylation sites (tertiary alicyclic amines) is 1. The number of rotatable bonds is 6. The molecule has 2 aliphatic rings. The topological polar surface area (TPSA) is 76.2 Å². The minimum absolute atomic E-state index is 0.0994. The van der Waals surface area contributed by atoms with Crippen LogP contribution in [0.5, 0.6) is 0 Å². The number of benzene rings is 1. The van der Waals surface area contributed by atoms with E-state index in [0.717, 1.165) is 13.1 Å². The van der Waals surface area contributed by atoms with E-state index < -0.39 is 5.97 Å². The fraction of sp³-hybridized carbons (Fsp3) is 0.571. The van der Waals surface area contributed by atoms with Crippen molar-refractivity contribution in [2.75, 3.05) is 26.8 Å². The van der Waals surface area contributed by atoms with Gasteiger partial charge in [0.25, 0.3) is 0 Å². The molecule has 0 spiro atoms. The van der Waals surface area contributed by atoms with Gasteiger partial charge in [-0.05, 0) is 30.9 Å². The van der Waals surface area contributed by atoms with E-state index in [4.69, 9.17) is 9.47 Å². The molecule has 1 aromatic rings. The van der Waals surface area contributed by atoms with Crippen LogP contribution in [0.1, 0.15) is 37.3 Å². The van der Waals surface area contributed by atoms with E-state index in [1.54, 1.807) is 11.8 Å². The second-order valence-corrected chi connectivity index (χ2v) is 7.42. The summed E-state index contributed by atoms with van der Waals surface area (Å²) in [6, 6.07) is 8.20. The number of carbonyl (C=O) groups is 3. The van der Waals surface area contributed by atoms with Crippen molar-refractivity contribution < 1.29 is 23.9 Å². The third-order valence-corrected chi connectivity index (χ3v) is 5.58. The minimum Gasteiger partial charge on any atom is -0.466 e. The molecule has 1 amide bonds. The number of Topliss-reactive ketones (excluding diaryl/α,β-unsaturated/α-hetero) is 1. The first-order chi connectivity index (χ1) is 13.5. The predicted octanol–water partition coefficient (Wildman–Crippen LogP) is 2.37. The first kappa shape index (κ1) is 20.3. The Morgan fingerprint density at radius 3 is 2.43 bits per heavy atom. The van der Waals surface area contributed by atoms with Gasteiger partial charge in [-0.1, -0.05) is 24.3 Å². The van der Waals surface area contributed by atoms with Crippen molar-refractivity contribution in [3.63, 3.8) is 0 Å². The maximum atomic E-state index is 12.5. The molecule has 0 aromatic heterocycles. The second kappa shape index (κ2) is 9.19. The van der Waals surface area contributed by atoms with E-state index in [9.17, 15) is 14.4 Å². The summed E-state index contributed by atoms with van der Waals surface area (Å²) in [7, 11) is 1.38. The fourth-order valence-electron chi connectivity index (χ4n) is 4.20. The standard InChI is InChI=1S/C21H28N2O5/c1-3-28-20(25)11-19(24)15-8-9-23(21(26)27-2)18(10-15)14-22-12-16-6-4-5-7-17(16)13-22/h4-7,15,18H,3,8-14H2,1-2H3/t15-,18+/m1/s1. The summed E-state index contributed by atoms with van der Waals surface area (Å²) in [5.74, 6) is -0.813. The van der Waals surface area contributed by atoms with Gasteiger partial charge in [0, 0.05) is 38.1 Å². The third kappa shape index (κ3) is 4.70. The molecule has 3 rings (SSSR count). The van der Waals surface area contributed by atoms with Crippen LogP contribution >= 0.6 is 0 Å². The van der Waals surface area contributed by atoms with Crippen molar-refractivity contribution in [2.24, 2.45) is 5.92 Å². The lowest BCUT2D eigenvalue weighted by Crippen LogP contribution is -2.51. The number of carbonyl (C=O) groups excluding carboxylic acids is 3. The molecule has 1 aromatic carbocycles. The van der Waals surface area contributed by atoms with Crippen molar-refractivity contribution in [1.82, 2.24) is 9.80 Å². The number of hydrogen-bond acceptors (Lipinski definition) is 6. The molecule has 0 saturated carbocycles. The molecule has 0 N–H and O–H groups in total. The van der Waals surface area contributed by atoms with Crippen LogP contribution in [0.3, 0.4) is 0 Å². The number of amides is 1. The molecule has 0 aliphatic carbocycles. The lowest BCUT2D eigenvalue weighted by molar-refractivity contribution is -0.146. The molecule has 2 heterocycles. The smallest absolute Gasteiger partial charge is 0.409 e. The number of ether oxygens (including phenoxy) is 2. The van der Waals surface area contributed by atoms with Crippen LogP contribution in [-0.4, -0.2) is 60.5 Å². The number of nitrogens with zero attached hydrogens (tertiary/aromatic N) is 2. The molecular formula is C21H28N2O5. The first-order valence-corrected chi connectivity index (χ1v) is 9.83. The van der Waals surface area contributed by atoms with Crippen molar-refractivity contribution >= 4 is 17.8 Å². The highest BCUT2D eigenvalue weighted by molar-refractivity contribution is 5.96. The van der Waals surface area contributed by atoms with Gasteiger partial charge >= 0.3 is 12.1 Å². The number of piperidine rings is 1. The van der Waals surface area contributed by atoms with Crippen molar-refractivity contribution in [1.29, 1.82) is 0 Å². The Morgan fingerprint density at radius 1 is 1.14 bits per heavy atom. The van der Waals surface area contributed by atoms with Crippen molar-refractivity contribution in [3.05, 3.63) is 35.4 Å². The second-order valence-electron chi connectivity index (χ2n) is 7.42. The summed E-state index contributed by atoms with van der Waals surface area (Å²) >= 11 is 0. The minimum atomic E-state index is -0.477. The number of esters is 1. The van der Waals surface area contributed by atoms with Gasteiger partial charge in [-0.3, -0.25) is 14.5 Å². The van der Waals surface area contributed by atoms with Crippen LogP contribution in [0.4, 0.5) is 4.79 Å². The van der Waals surface area contributed by atoms with Gasteiger partial charge < -0.3 is 14.4 Å². The summed E-state index contributed by atoms with van der Waals surface area (Å²) in [6.07, 6.45) is 0.529. The van der Waals surface area contributed by atoms with Crippen molar-refractivity contribution in [2.45, 2.75) is 45.3 Å². The maximum Gasteiger partial charge on any atom is 0.409 e. The summed E-state index contributed by atoms with van der Waals surface area (Å²) in [5, 5.41) is 0. The Balaban J connectivity index is 1.65. The molecule has 0 radical (unpaired) electrons. The Bertz CT molecular complexity index is 710. The number of hydrogen-bond donors (Lipinski definition) is 0. The zero-order valence-electron chi connectivity index (χ0n) is 16.6.